The van der Waals surface area contributed by atoms with Gasteiger partial charge in [0.2, 0.25) is 0 Å². The molecule has 0 saturated heterocycles. The number of carbonyl (C=O) groups excluding carboxylic acids is 1. The number of urea groups is 1. The molecule has 0 heterocycles. The second-order valence-electron chi connectivity index (χ2n) is 5.28. The molecule has 0 aromatic heterocycles. The fourth-order valence-electron chi connectivity index (χ4n) is 1.70. The molecule has 0 bridgehead atoms. The minimum Gasteiger partial charge on any atom is -0.481 e. The highest BCUT2D eigenvalue weighted by Gasteiger charge is 2.21. The van der Waals surface area contributed by atoms with Crippen LogP contribution in [0.3, 0.4) is 0 Å². The van der Waals surface area contributed by atoms with E-state index < -0.39 is 24.0 Å². The van der Waals surface area contributed by atoms with E-state index >= 15 is 0 Å². The topological polar surface area (TPSA) is 78.4 Å². The number of rotatable bonds is 6. The van der Waals surface area contributed by atoms with Crippen LogP contribution in [0.15, 0.2) is 24.3 Å². The van der Waals surface area contributed by atoms with E-state index in [1.165, 1.54) is 24.3 Å². The van der Waals surface area contributed by atoms with Gasteiger partial charge in [0.15, 0.2) is 0 Å². The first-order chi connectivity index (χ1) is 9.69. The van der Waals surface area contributed by atoms with Crippen molar-refractivity contribution in [2.24, 2.45) is 0 Å². The molecule has 0 aliphatic heterocycles. The van der Waals surface area contributed by atoms with Crippen LogP contribution in [0.5, 0.6) is 0 Å². The van der Waals surface area contributed by atoms with Crippen LogP contribution in [-0.4, -0.2) is 22.6 Å². The van der Waals surface area contributed by atoms with Gasteiger partial charge in [0, 0.05) is 23.2 Å². The van der Waals surface area contributed by atoms with Crippen LogP contribution in [0.25, 0.3) is 0 Å². The SMILES string of the molecule is CC(C)(CCC(=O)O)NC(=O)Nc1cccc(C(F)F)c1. The highest BCUT2D eigenvalue weighted by atomic mass is 19.3. The number of alkyl halides is 2. The Labute approximate surface area is 121 Å². The first-order valence-corrected chi connectivity index (χ1v) is 6.39. The lowest BCUT2D eigenvalue weighted by molar-refractivity contribution is -0.137. The van der Waals surface area contributed by atoms with Gasteiger partial charge in [0.1, 0.15) is 0 Å². The molecule has 0 spiro atoms. The highest BCUT2D eigenvalue weighted by Crippen LogP contribution is 2.21. The van der Waals surface area contributed by atoms with Crippen molar-refractivity contribution in [1.82, 2.24) is 5.32 Å². The van der Waals surface area contributed by atoms with Gasteiger partial charge in [-0.3, -0.25) is 4.79 Å². The Balaban J connectivity index is 2.60. The van der Waals surface area contributed by atoms with Crippen molar-refractivity contribution in [3.8, 4) is 0 Å². The van der Waals surface area contributed by atoms with Gasteiger partial charge in [-0.25, -0.2) is 13.6 Å². The van der Waals surface area contributed by atoms with Gasteiger partial charge in [-0.1, -0.05) is 12.1 Å². The Morgan fingerprint density at radius 1 is 1.33 bits per heavy atom. The van der Waals surface area contributed by atoms with Crippen LogP contribution in [0.4, 0.5) is 19.3 Å². The molecule has 0 fully saturated rings. The molecule has 0 radical (unpaired) electrons. The zero-order chi connectivity index (χ0) is 16.0. The number of aliphatic carboxylic acids is 1. The second kappa shape index (κ2) is 7.01. The smallest absolute Gasteiger partial charge is 0.319 e. The van der Waals surface area contributed by atoms with Crippen LogP contribution in [0, 0.1) is 0 Å². The standard InChI is InChI=1S/C14H18F2N2O3/c1-14(2,7-6-11(19)20)18-13(21)17-10-5-3-4-9(8-10)12(15)16/h3-5,8,12H,6-7H2,1-2H3,(H,19,20)(H2,17,18,21). The largest absolute Gasteiger partial charge is 0.481 e. The summed E-state index contributed by atoms with van der Waals surface area (Å²) in [7, 11) is 0. The van der Waals surface area contributed by atoms with Gasteiger partial charge in [-0.2, -0.15) is 0 Å². The van der Waals surface area contributed by atoms with E-state index in [1.54, 1.807) is 13.8 Å². The molecule has 0 atom stereocenters. The maximum Gasteiger partial charge on any atom is 0.319 e. The zero-order valence-electron chi connectivity index (χ0n) is 11.8. The highest BCUT2D eigenvalue weighted by molar-refractivity contribution is 5.89. The van der Waals surface area contributed by atoms with Crippen molar-refractivity contribution in [2.75, 3.05) is 5.32 Å². The summed E-state index contributed by atoms with van der Waals surface area (Å²) in [4.78, 5) is 22.3. The van der Waals surface area contributed by atoms with Crippen molar-refractivity contribution in [3.63, 3.8) is 0 Å². The molecule has 1 aromatic rings. The van der Waals surface area contributed by atoms with Gasteiger partial charge in [-0.05, 0) is 32.4 Å². The molecule has 0 aliphatic rings. The number of halogens is 2. The van der Waals surface area contributed by atoms with Crippen LogP contribution >= 0.6 is 0 Å². The maximum absolute atomic E-state index is 12.5. The van der Waals surface area contributed by atoms with Crippen molar-refractivity contribution >= 4 is 17.7 Å². The average molecular weight is 300 g/mol. The molecular weight excluding hydrogens is 282 g/mol. The number of carbonyl (C=O) groups is 2. The second-order valence-corrected chi connectivity index (χ2v) is 5.28. The fraction of sp³-hybridized carbons (Fsp3) is 0.429. The molecule has 0 aliphatic carbocycles. The molecule has 2 amide bonds. The molecule has 116 valence electrons. The number of amides is 2. The third-order valence-corrected chi connectivity index (χ3v) is 2.81. The number of anilines is 1. The molecule has 5 nitrogen and oxygen atoms in total. The number of hydrogen-bond donors (Lipinski definition) is 3. The molecular formula is C14H18F2N2O3. The third-order valence-electron chi connectivity index (χ3n) is 2.81. The average Bonchev–Trinajstić information content (AvgIpc) is 2.36. The molecule has 7 heteroatoms. The summed E-state index contributed by atoms with van der Waals surface area (Å²) in [6, 6.07) is 4.80. The number of carboxylic acids is 1. The molecule has 1 rings (SSSR count). The van der Waals surface area contributed by atoms with Gasteiger partial charge in [0.25, 0.3) is 6.43 Å². The number of benzene rings is 1. The lowest BCUT2D eigenvalue weighted by Gasteiger charge is -2.25. The molecule has 1 aromatic carbocycles. The van der Waals surface area contributed by atoms with Crippen LogP contribution in [0.2, 0.25) is 0 Å². The summed E-state index contributed by atoms with van der Waals surface area (Å²) in [6.07, 6.45) is -2.43. The summed E-state index contributed by atoms with van der Waals surface area (Å²) in [6.45, 7) is 3.37. The quantitative estimate of drug-likeness (QED) is 0.753. The minimum absolute atomic E-state index is 0.0753. The lowest BCUT2D eigenvalue weighted by Crippen LogP contribution is -2.45. The lowest BCUT2D eigenvalue weighted by atomic mass is 9.99. The predicted molar refractivity (Wildman–Crippen MR) is 74.5 cm³/mol. The van der Waals surface area contributed by atoms with Gasteiger partial charge >= 0.3 is 12.0 Å². The molecule has 0 saturated carbocycles. The van der Waals surface area contributed by atoms with Crippen LogP contribution in [0.1, 0.15) is 38.7 Å². The number of hydrogen-bond acceptors (Lipinski definition) is 2. The Bertz CT molecular complexity index is 519. The van der Waals surface area contributed by atoms with Crippen molar-refractivity contribution < 1.29 is 23.5 Å². The Kier molecular flexibility index (Phi) is 5.63. The summed E-state index contributed by atoms with van der Waals surface area (Å²) < 4.78 is 25.1. The van der Waals surface area contributed by atoms with Gasteiger partial charge in [0.05, 0.1) is 0 Å². The van der Waals surface area contributed by atoms with E-state index in [1.807, 2.05) is 0 Å². The Morgan fingerprint density at radius 3 is 2.57 bits per heavy atom. The normalized spacial score (nSPS) is 11.3. The number of nitrogens with one attached hydrogen (secondary N) is 2. The zero-order valence-corrected chi connectivity index (χ0v) is 11.8. The summed E-state index contributed by atoms with van der Waals surface area (Å²) in [5.41, 5.74) is -0.653. The third kappa shape index (κ3) is 6.20. The van der Waals surface area contributed by atoms with E-state index in [-0.39, 0.29) is 24.1 Å². The van der Waals surface area contributed by atoms with Crippen LogP contribution in [-0.2, 0) is 4.79 Å². The molecule has 3 N–H and O–H groups in total. The van der Waals surface area contributed by atoms with E-state index in [9.17, 15) is 18.4 Å². The van der Waals surface area contributed by atoms with E-state index in [4.69, 9.17) is 5.11 Å². The Morgan fingerprint density at radius 2 is 2.00 bits per heavy atom. The number of carboxylic acid groups (broad SMARTS) is 1. The van der Waals surface area contributed by atoms with Crippen LogP contribution < -0.4 is 10.6 Å². The van der Waals surface area contributed by atoms with Crippen molar-refractivity contribution in [3.05, 3.63) is 29.8 Å². The predicted octanol–water partition coefficient (Wildman–Crippen LogP) is 3.39. The summed E-state index contributed by atoms with van der Waals surface area (Å²) >= 11 is 0. The first-order valence-electron chi connectivity index (χ1n) is 6.39. The monoisotopic (exact) mass is 300 g/mol. The van der Waals surface area contributed by atoms with E-state index in [0.29, 0.717) is 0 Å². The summed E-state index contributed by atoms with van der Waals surface area (Å²) in [5.74, 6) is -0.949. The molecule has 0 unspecified atom stereocenters. The van der Waals surface area contributed by atoms with Gasteiger partial charge < -0.3 is 15.7 Å². The van der Waals surface area contributed by atoms with Gasteiger partial charge in [-0.15, -0.1) is 0 Å². The summed E-state index contributed by atoms with van der Waals surface area (Å²) in [5, 5.41) is 13.7. The fourth-order valence-corrected chi connectivity index (χ4v) is 1.70. The van der Waals surface area contributed by atoms with Crippen molar-refractivity contribution in [1.29, 1.82) is 0 Å². The van der Waals surface area contributed by atoms with Crippen molar-refractivity contribution in [2.45, 2.75) is 38.7 Å². The minimum atomic E-state index is -2.61. The molecule has 21 heavy (non-hydrogen) atoms. The first kappa shape index (κ1) is 16.9. The maximum atomic E-state index is 12.5. The van der Waals surface area contributed by atoms with E-state index in [0.717, 1.165) is 0 Å². The Hall–Kier alpha value is -2.18. The van der Waals surface area contributed by atoms with E-state index in [2.05, 4.69) is 10.6 Å².